The Hall–Kier alpha value is -2.01. The highest BCUT2D eigenvalue weighted by atomic mass is 35.5. The zero-order chi connectivity index (χ0) is 15.0. The first-order valence-electron chi connectivity index (χ1n) is 6.67. The predicted molar refractivity (Wildman–Crippen MR) is 79.1 cm³/mol. The number of methoxy groups -OCH3 is 1. The van der Waals surface area contributed by atoms with Gasteiger partial charge in [0.1, 0.15) is 11.9 Å². The Morgan fingerprint density at radius 1 is 1.43 bits per heavy atom. The van der Waals surface area contributed by atoms with Gasteiger partial charge in [-0.05, 0) is 11.6 Å². The van der Waals surface area contributed by atoms with E-state index in [0.717, 1.165) is 22.2 Å². The van der Waals surface area contributed by atoms with Gasteiger partial charge in [0.15, 0.2) is 0 Å². The number of benzene rings is 1. The van der Waals surface area contributed by atoms with E-state index in [1.54, 1.807) is 0 Å². The van der Waals surface area contributed by atoms with E-state index in [1.807, 2.05) is 24.3 Å². The minimum atomic E-state index is -0.618. The molecule has 2 aromatic rings. The smallest absolute Gasteiger partial charge is 0.328 e. The molecule has 1 aliphatic rings. The lowest BCUT2D eigenvalue weighted by molar-refractivity contribution is -0.153. The molecule has 1 atom stereocenters. The van der Waals surface area contributed by atoms with Crippen molar-refractivity contribution in [3.63, 3.8) is 0 Å². The Balaban J connectivity index is 2.07. The van der Waals surface area contributed by atoms with Crippen LogP contribution in [0.1, 0.15) is 11.3 Å². The molecule has 0 spiro atoms. The minimum absolute atomic E-state index is 0.150. The number of nitrogens with zero attached hydrogens (tertiary/aromatic N) is 1. The number of fused-ring (bicyclic) bond motifs is 3. The molecule has 2 heterocycles. The summed E-state index contributed by atoms with van der Waals surface area (Å²) in [6.07, 6.45) is 0.439. The molecule has 0 fully saturated rings. The molecule has 0 bridgehead atoms. The van der Waals surface area contributed by atoms with Gasteiger partial charge in [0, 0.05) is 23.0 Å². The standard InChI is InChI=1S/C15H15ClN2O3/c1-21-15(20)13-6-10-9-4-2-3-5-11(9)17-12(10)8-18(13)14(19)7-16/h2-5,13,17H,6-8H2,1H3. The minimum Gasteiger partial charge on any atom is -0.467 e. The summed E-state index contributed by atoms with van der Waals surface area (Å²) in [5.74, 6) is -0.830. The van der Waals surface area contributed by atoms with Crippen molar-refractivity contribution in [2.45, 2.75) is 19.0 Å². The highest BCUT2D eigenvalue weighted by Gasteiger charge is 2.36. The second-order valence-corrected chi connectivity index (χ2v) is 5.29. The number of nitrogens with one attached hydrogen (secondary N) is 1. The predicted octanol–water partition coefficient (Wildman–Crippen LogP) is 1.83. The average molecular weight is 307 g/mol. The molecule has 1 unspecified atom stereocenters. The molecule has 1 aromatic heterocycles. The van der Waals surface area contributed by atoms with Crippen molar-refractivity contribution in [2.75, 3.05) is 13.0 Å². The second kappa shape index (κ2) is 5.41. The summed E-state index contributed by atoms with van der Waals surface area (Å²) in [5.41, 5.74) is 3.03. The van der Waals surface area contributed by atoms with Crippen LogP contribution in [0.5, 0.6) is 0 Å². The molecule has 1 amide bonds. The number of rotatable bonds is 2. The number of hydrogen-bond acceptors (Lipinski definition) is 3. The number of hydrogen-bond donors (Lipinski definition) is 1. The van der Waals surface area contributed by atoms with E-state index in [0.29, 0.717) is 13.0 Å². The molecule has 0 saturated carbocycles. The van der Waals surface area contributed by atoms with Crippen LogP contribution >= 0.6 is 11.6 Å². The maximum Gasteiger partial charge on any atom is 0.328 e. The fourth-order valence-electron chi connectivity index (χ4n) is 2.89. The van der Waals surface area contributed by atoms with Gasteiger partial charge >= 0.3 is 5.97 Å². The number of esters is 1. The van der Waals surface area contributed by atoms with Crippen molar-refractivity contribution in [3.05, 3.63) is 35.5 Å². The first-order valence-corrected chi connectivity index (χ1v) is 7.21. The number of amides is 1. The summed E-state index contributed by atoms with van der Waals surface area (Å²) in [6, 6.07) is 7.28. The lowest BCUT2D eigenvalue weighted by atomic mass is 9.96. The number of aromatic amines is 1. The normalized spacial score (nSPS) is 17.6. The average Bonchev–Trinajstić information content (AvgIpc) is 2.89. The molecular formula is C15H15ClN2O3. The van der Waals surface area contributed by atoms with Gasteiger partial charge in [-0.3, -0.25) is 4.79 Å². The number of ether oxygens (including phenoxy) is 1. The number of halogens is 1. The fraction of sp³-hybridized carbons (Fsp3) is 0.333. The van der Waals surface area contributed by atoms with Crippen LogP contribution in [0.15, 0.2) is 24.3 Å². The summed E-state index contributed by atoms with van der Waals surface area (Å²) in [6.45, 7) is 0.343. The third-order valence-electron chi connectivity index (χ3n) is 3.91. The van der Waals surface area contributed by atoms with E-state index in [-0.39, 0.29) is 11.8 Å². The summed E-state index contributed by atoms with van der Waals surface area (Å²) in [4.78, 5) is 28.8. The molecule has 0 aliphatic carbocycles. The summed E-state index contributed by atoms with van der Waals surface area (Å²) in [5, 5.41) is 1.08. The topological polar surface area (TPSA) is 62.4 Å². The van der Waals surface area contributed by atoms with Crippen molar-refractivity contribution in [3.8, 4) is 0 Å². The number of alkyl halides is 1. The Bertz CT molecular complexity index is 710. The van der Waals surface area contributed by atoms with Crippen LogP contribution in [0.3, 0.4) is 0 Å². The lowest BCUT2D eigenvalue weighted by Gasteiger charge is -2.33. The summed E-state index contributed by atoms with van der Waals surface area (Å²) >= 11 is 5.65. The molecule has 0 saturated heterocycles. The molecule has 1 N–H and O–H groups in total. The van der Waals surface area contributed by atoms with E-state index in [1.165, 1.54) is 12.0 Å². The Labute approximate surface area is 126 Å². The van der Waals surface area contributed by atoms with Gasteiger partial charge in [-0.2, -0.15) is 0 Å². The molecule has 1 aromatic carbocycles. The molecule has 6 heteroatoms. The largest absolute Gasteiger partial charge is 0.467 e. The first-order chi connectivity index (χ1) is 10.2. The van der Waals surface area contributed by atoms with Crippen LogP contribution in [0.25, 0.3) is 10.9 Å². The van der Waals surface area contributed by atoms with Gasteiger partial charge in [-0.1, -0.05) is 18.2 Å². The maximum atomic E-state index is 12.0. The van der Waals surface area contributed by atoms with Crippen molar-refractivity contribution < 1.29 is 14.3 Å². The molecule has 0 radical (unpaired) electrons. The Kier molecular flexibility index (Phi) is 3.59. The van der Waals surface area contributed by atoms with Crippen LogP contribution in [-0.4, -0.2) is 40.8 Å². The van der Waals surface area contributed by atoms with E-state index in [9.17, 15) is 9.59 Å². The van der Waals surface area contributed by atoms with Gasteiger partial charge in [0.2, 0.25) is 5.91 Å². The molecule has 1 aliphatic heterocycles. The van der Waals surface area contributed by atoms with Crippen LogP contribution < -0.4 is 0 Å². The Morgan fingerprint density at radius 3 is 2.90 bits per heavy atom. The summed E-state index contributed by atoms with van der Waals surface area (Å²) in [7, 11) is 1.33. The van der Waals surface area contributed by atoms with Crippen molar-refractivity contribution in [1.29, 1.82) is 0 Å². The third-order valence-corrected chi connectivity index (χ3v) is 4.14. The molecule has 5 nitrogen and oxygen atoms in total. The van der Waals surface area contributed by atoms with E-state index < -0.39 is 12.0 Å². The number of H-pyrrole nitrogens is 1. The van der Waals surface area contributed by atoms with Gasteiger partial charge in [-0.15, -0.1) is 11.6 Å². The fourth-order valence-corrected chi connectivity index (χ4v) is 3.05. The highest BCUT2D eigenvalue weighted by molar-refractivity contribution is 6.27. The van der Waals surface area contributed by atoms with Crippen LogP contribution in [-0.2, 0) is 27.3 Å². The molecule has 21 heavy (non-hydrogen) atoms. The monoisotopic (exact) mass is 306 g/mol. The van der Waals surface area contributed by atoms with Gasteiger partial charge in [0.25, 0.3) is 0 Å². The van der Waals surface area contributed by atoms with Gasteiger partial charge in [0.05, 0.1) is 13.7 Å². The van der Waals surface area contributed by atoms with Crippen molar-refractivity contribution in [1.82, 2.24) is 9.88 Å². The van der Waals surface area contributed by atoms with Crippen LogP contribution in [0.2, 0.25) is 0 Å². The Morgan fingerprint density at radius 2 is 2.19 bits per heavy atom. The zero-order valence-electron chi connectivity index (χ0n) is 11.6. The molecular weight excluding hydrogens is 292 g/mol. The molecule has 110 valence electrons. The quantitative estimate of drug-likeness (QED) is 0.680. The van der Waals surface area contributed by atoms with E-state index >= 15 is 0 Å². The lowest BCUT2D eigenvalue weighted by Crippen LogP contribution is -2.49. The number of carbonyl (C=O) groups is 2. The van der Waals surface area contributed by atoms with Crippen molar-refractivity contribution in [2.24, 2.45) is 0 Å². The van der Waals surface area contributed by atoms with E-state index in [4.69, 9.17) is 16.3 Å². The molecule has 3 rings (SSSR count). The number of aromatic nitrogens is 1. The van der Waals surface area contributed by atoms with Gasteiger partial charge < -0.3 is 14.6 Å². The SMILES string of the molecule is COC(=O)C1Cc2c([nH]c3ccccc23)CN1C(=O)CCl. The van der Waals surface area contributed by atoms with Crippen LogP contribution in [0.4, 0.5) is 0 Å². The third kappa shape index (κ3) is 2.27. The summed E-state index contributed by atoms with van der Waals surface area (Å²) < 4.78 is 4.83. The zero-order valence-corrected chi connectivity index (χ0v) is 12.3. The second-order valence-electron chi connectivity index (χ2n) is 5.03. The highest BCUT2D eigenvalue weighted by Crippen LogP contribution is 2.30. The van der Waals surface area contributed by atoms with Crippen LogP contribution in [0, 0.1) is 0 Å². The van der Waals surface area contributed by atoms with Crippen molar-refractivity contribution >= 4 is 34.4 Å². The van der Waals surface area contributed by atoms with E-state index in [2.05, 4.69) is 4.98 Å². The number of carbonyl (C=O) groups excluding carboxylic acids is 2. The number of para-hydroxylation sites is 1. The van der Waals surface area contributed by atoms with Gasteiger partial charge in [-0.25, -0.2) is 4.79 Å². The first kappa shape index (κ1) is 13.9. The maximum absolute atomic E-state index is 12.0.